The number of carbonyl (C=O) groups excluding carboxylic acids is 1. The molecule has 6 rings (SSSR count). The van der Waals surface area contributed by atoms with Gasteiger partial charge in [0.15, 0.2) is 6.39 Å². The molecule has 9 heteroatoms. The number of oxazole rings is 1. The molecule has 4 aromatic heterocycles. The number of hydrogen-bond acceptors (Lipinski definition) is 8. The zero-order valence-corrected chi connectivity index (χ0v) is 19.2. The van der Waals surface area contributed by atoms with Crippen molar-refractivity contribution in [3.8, 4) is 11.1 Å². The molecule has 0 saturated carbocycles. The molecule has 5 aromatic rings. The van der Waals surface area contributed by atoms with Crippen LogP contribution in [0.4, 0.5) is 11.6 Å². The number of hydrogen-bond donors (Lipinski definition) is 1. The Morgan fingerprint density at radius 1 is 0.886 bits per heavy atom. The predicted octanol–water partition coefficient (Wildman–Crippen LogP) is 3.84. The van der Waals surface area contributed by atoms with Gasteiger partial charge < -0.3 is 19.5 Å². The van der Waals surface area contributed by atoms with Gasteiger partial charge in [-0.1, -0.05) is 12.1 Å². The maximum absolute atomic E-state index is 13.0. The number of piperazine rings is 1. The number of likely N-dealkylation sites (N-methyl/N-ethyl adjacent to an activating group) is 1. The van der Waals surface area contributed by atoms with Crippen LogP contribution >= 0.6 is 0 Å². The molecule has 1 amide bonds. The lowest BCUT2D eigenvalue weighted by molar-refractivity contribution is 0.102. The predicted molar refractivity (Wildman–Crippen MR) is 134 cm³/mol. The lowest BCUT2D eigenvalue weighted by Crippen LogP contribution is -2.44. The van der Waals surface area contributed by atoms with Crippen LogP contribution in [0, 0.1) is 0 Å². The van der Waals surface area contributed by atoms with E-state index in [0.717, 1.165) is 53.9 Å². The highest BCUT2D eigenvalue weighted by atomic mass is 16.3. The fraction of sp³-hybridized carbons (Fsp3) is 0.192. The zero-order valence-electron chi connectivity index (χ0n) is 19.2. The Hall–Kier alpha value is -4.37. The molecular formula is C26H23N7O2. The third kappa shape index (κ3) is 4.29. The van der Waals surface area contributed by atoms with E-state index in [4.69, 9.17) is 4.42 Å². The Balaban J connectivity index is 1.24. The van der Waals surface area contributed by atoms with Gasteiger partial charge in [-0.15, -0.1) is 0 Å². The highest BCUT2D eigenvalue weighted by Crippen LogP contribution is 2.27. The third-order valence-electron chi connectivity index (χ3n) is 6.32. The Bertz CT molecular complexity index is 1540. The molecule has 1 N–H and O–H groups in total. The molecular weight excluding hydrogens is 442 g/mol. The second kappa shape index (κ2) is 8.77. The summed E-state index contributed by atoms with van der Waals surface area (Å²) in [5.74, 6) is 1.09. The van der Waals surface area contributed by atoms with E-state index in [1.165, 1.54) is 6.39 Å². The molecule has 0 bridgehead atoms. The van der Waals surface area contributed by atoms with Crippen molar-refractivity contribution in [2.24, 2.45) is 0 Å². The molecule has 0 radical (unpaired) electrons. The number of nitrogens with one attached hydrogen (secondary N) is 1. The fourth-order valence-electron chi connectivity index (χ4n) is 4.26. The van der Waals surface area contributed by atoms with Crippen LogP contribution < -0.4 is 10.2 Å². The molecule has 0 atom stereocenters. The quantitative estimate of drug-likeness (QED) is 0.427. The minimum absolute atomic E-state index is 0.216. The summed E-state index contributed by atoms with van der Waals surface area (Å²) < 4.78 is 5.23. The SMILES string of the molecule is CN1CCN(c2cc(C(=O)Nc3cc4cc(-c5cnc6ocnc6c5)ccc4cn3)ccn2)CC1. The van der Waals surface area contributed by atoms with Gasteiger partial charge >= 0.3 is 0 Å². The molecule has 9 nitrogen and oxygen atoms in total. The van der Waals surface area contributed by atoms with E-state index in [1.54, 1.807) is 24.7 Å². The Morgan fingerprint density at radius 2 is 1.77 bits per heavy atom. The molecule has 1 saturated heterocycles. The monoisotopic (exact) mass is 465 g/mol. The first-order valence-corrected chi connectivity index (χ1v) is 11.4. The second-order valence-electron chi connectivity index (χ2n) is 8.68. The van der Waals surface area contributed by atoms with Crippen molar-refractivity contribution < 1.29 is 9.21 Å². The normalized spacial score (nSPS) is 14.5. The summed E-state index contributed by atoms with van der Waals surface area (Å²) in [4.78, 5) is 34.9. The van der Waals surface area contributed by atoms with Crippen LogP contribution in [0.3, 0.4) is 0 Å². The first kappa shape index (κ1) is 21.2. The number of carbonyl (C=O) groups is 1. The van der Waals surface area contributed by atoms with Crippen molar-refractivity contribution in [1.29, 1.82) is 0 Å². The molecule has 1 aromatic carbocycles. The molecule has 0 aliphatic carbocycles. The standard InChI is InChI=1S/C26H23N7O2/c1-32-6-8-33(9-7-32)24-13-18(4-5-27-24)25(34)31-23-12-20-10-17(2-3-19(20)14-28-23)21-11-22-26(29-15-21)35-16-30-22/h2-5,10-16H,6-9H2,1H3,(H,28,31,34). The Kier molecular flexibility index (Phi) is 5.31. The van der Waals surface area contributed by atoms with Crippen LogP contribution in [0.5, 0.6) is 0 Å². The van der Waals surface area contributed by atoms with Gasteiger partial charge in [0.1, 0.15) is 17.2 Å². The number of pyridine rings is 3. The average molecular weight is 466 g/mol. The number of anilines is 2. The van der Waals surface area contributed by atoms with E-state index < -0.39 is 0 Å². The van der Waals surface area contributed by atoms with Gasteiger partial charge in [0, 0.05) is 61.3 Å². The van der Waals surface area contributed by atoms with Crippen molar-refractivity contribution in [2.45, 2.75) is 0 Å². The van der Waals surface area contributed by atoms with Crippen molar-refractivity contribution in [3.05, 3.63) is 73.0 Å². The number of nitrogens with zero attached hydrogens (tertiary/aromatic N) is 6. The summed E-state index contributed by atoms with van der Waals surface area (Å²) in [6.45, 7) is 3.73. The minimum Gasteiger partial charge on any atom is -0.425 e. The van der Waals surface area contributed by atoms with Gasteiger partial charge in [-0.05, 0) is 48.3 Å². The van der Waals surface area contributed by atoms with E-state index in [2.05, 4.69) is 42.1 Å². The van der Waals surface area contributed by atoms with Crippen LogP contribution in [-0.2, 0) is 0 Å². The second-order valence-corrected chi connectivity index (χ2v) is 8.68. The molecule has 1 aliphatic heterocycles. The van der Waals surface area contributed by atoms with Crippen LogP contribution in [-0.4, -0.2) is 64.0 Å². The first-order chi connectivity index (χ1) is 17.1. The molecule has 174 valence electrons. The van der Waals surface area contributed by atoms with Crippen LogP contribution in [0.25, 0.3) is 33.1 Å². The molecule has 35 heavy (non-hydrogen) atoms. The maximum atomic E-state index is 13.0. The summed E-state index contributed by atoms with van der Waals surface area (Å²) in [6.07, 6.45) is 6.59. The highest BCUT2D eigenvalue weighted by molar-refractivity contribution is 6.05. The largest absolute Gasteiger partial charge is 0.425 e. The average Bonchev–Trinajstić information content (AvgIpc) is 3.37. The summed E-state index contributed by atoms with van der Waals surface area (Å²) in [5.41, 5.74) is 3.69. The molecule has 5 heterocycles. The highest BCUT2D eigenvalue weighted by Gasteiger charge is 2.17. The van der Waals surface area contributed by atoms with Crippen LogP contribution in [0.15, 0.2) is 71.9 Å². The van der Waals surface area contributed by atoms with Crippen LogP contribution in [0.1, 0.15) is 10.4 Å². The topological polar surface area (TPSA) is 100 Å². The first-order valence-electron chi connectivity index (χ1n) is 11.4. The van der Waals surface area contributed by atoms with Crippen LogP contribution in [0.2, 0.25) is 0 Å². The minimum atomic E-state index is -0.216. The van der Waals surface area contributed by atoms with Crippen molar-refractivity contribution in [1.82, 2.24) is 24.8 Å². The molecule has 1 fully saturated rings. The van der Waals surface area contributed by atoms with E-state index >= 15 is 0 Å². The van der Waals surface area contributed by atoms with Gasteiger partial charge in [0.2, 0.25) is 5.71 Å². The van der Waals surface area contributed by atoms with Crippen molar-refractivity contribution in [2.75, 3.05) is 43.4 Å². The molecule has 0 spiro atoms. The van der Waals surface area contributed by atoms with Gasteiger partial charge in [-0.3, -0.25) is 4.79 Å². The molecule has 0 unspecified atom stereocenters. The van der Waals surface area contributed by atoms with Gasteiger partial charge in [0.25, 0.3) is 5.91 Å². The zero-order chi connectivity index (χ0) is 23.8. The van der Waals surface area contributed by atoms with E-state index in [-0.39, 0.29) is 5.91 Å². The Labute approximate surface area is 201 Å². The summed E-state index contributed by atoms with van der Waals surface area (Å²) in [5, 5.41) is 4.86. The molecule has 1 aliphatic rings. The fourth-order valence-corrected chi connectivity index (χ4v) is 4.26. The van der Waals surface area contributed by atoms with Gasteiger partial charge in [0.05, 0.1) is 0 Å². The van der Waals surface area contributed by atoms with Gasteiger partial charge in [-0.2, -0.15) is 0 Å². The maximum Gasteiger partial charge on any atom is 0.257 e. The number of aromatic nitrogens is 4. The number of rotatable bonds is 4. The van der Waals surface area contributed by atoms with E-state index in [9.17, 15) is 4.79 Å². The number of benzene rings is 1. The number of amides is 1. The lowest BCUT2D eigenvalue weighted by Gasteiger charge is -2.33. The van der Waals surface area contributed by atoms with Crippen molar-refractivity contribution >= 4 is 39.5 Å². The van der Waals surface area contributed by atoms with E-state index in [1.807, 2.05) is 36.4 Å². The summed E-state index contributed by atoms with van der Waals surface area (Å²) >= 11 is 0. The third-order valence-corrected chi connectivity index (χ3v) is 6.32. The smallest absolute Gasteiger partial charge is 0.257 e. The Morgan fingerprint density at radius 3 is 2.66 bits per heavy atom. The number of fused-ring (bicyclic) bond motifs is 2. The van der Waals surface area contributed by atoms with Gasteiger partial charge in [-0.25, -0.2) is 19.9 Å². The van der Waals surface area contributed by atoms with Crippen molar-refractivity contribution in [3.63, 3.8) is 0 Å². The lowest BCUT2D eigenvalue weighted by atomic mass is 10.0. The summed E-state index contributed by atoms with van der Waals surface area (Å²) in [6, 6.07) is 13.4. The summed E-state index contributed by atoms with van der Waals surface area (Å²) in [7, 11) is 2.11. The van der Waals surface area contributed by atoms with E-state index in [0.29, 0.717) is 22.6 Å².